The molecule has 7 nitrogen and oxygen atoms in total. The molecule has 19 heavy (non-hydrogen) atoms. The van der Waals surface area contributed by atoms with Gasteiger partial charge < -0.3 is 9.52 Å². The van der Waals surface area contributed by atoms with E-state index in [-0.39, 0.29) is 18.0 Å². The van der Waals surface area contributed by atoms with Gasteiger partial charge in [0.2, 0.25) is 11.8 Å². The minimum absolute atomic E-state index is 0.0218. The van der Waals surface area contributed by atoms with Crippen LogP contribution in [0.4, 0.5) is 0 Å². The number of nitrogens with zero attached hydrogens (tertiary/aromatic N) is 2. The summed E-state index contributed by atoms with van der Waals surface area (Å²) in [6.45, 7) is 3.59. The molecule has 0 amide bonds. The van der Waals surface area contributed by atoms with E-state index in [0.29, 0.717) is 24.5 Å². The maximum atomic E-state index is 11.7. The Balaban J connectivity index is 2.48. The molecule has 2 N–H and O–H groups in total. The molecule has 0 aliphatic carbocycles. The first kappa shape index (κ1) is 13.1. The van der Waals surface area contributed by atoms with Crippen LogP contribution in [0.1, 0.15) is 30.6 Å². The van der Waals surface area contributed by atoms with E-state index in [1.165, 1.54) is 6.20 Å². The van der Waals surface area contributed by atoms with Crippen LogP contribution < -0.4 is 11.2 Å². The van der Waals surface area contributed by atoms with Gasteiger partial charge in [0.1, 0.15) is 12.3 Å². The van der Waals surface area contributed by atoms with Crippen molar-refractivity contribution in [3.8, 4) is 5.88 Å². The molecule has 0 aromatic carbocycles. The van der Waals surface area contributed by atoms with Crippen molar-refractivity contribution < 1.29 is 9.52 Å². The predicted molar refractivity (Wildman–Crippen MR) is 67.3 cm³/mol. The number of rotatable bonds is 4. The molecule has 0 radical (unpaired) electrons. The Bertz CT molecular complexity index is 696. The molecule has 0 saturated carbocycles. The zero-order valence-electron chi connectivity index (χ0n) is 10.8. The van der Waals surface area contributed by atoms with Crippen molar-refractivity contribution in [1.82, 2.24) is 14.5 Å². The first-order valence-corrected chi connectivity index (χ1v) is 5.99. The third-order valence-corrected chi connectivity index (χ3v) is 2.73. The smallest absolute Gasteiger partial charge is 0.331 e. The second-order valence-corrected chi connectivity index (χ2v) is 4.26. The fraction of sp³-hybridized carbons (Fsp3) is 0.417. The third-order valence-electron chi connectivity index (χ3n) is 2.73. The van der Waals surface area contributed by atoms with Crippen molar-refractivity contribution in [3.05, 3.63) is 44.2 Å². The van der Waals surface area contributed by atoms with Crippen LogP contribution in [-0.2, 0) is 13.0 Å². The molecular formula is C12H15N3O4. The molecule has 0 atom stereocenters. The largest absolute Gasteiger partial charge is 0.494 e. The second-order valence-electron chi connectivity index (χ2n) is 4.26. The van der Waals surface area contributed by atoms with Crippen molar-refractivity contribution in [2.45, 2.75) is 33.2 Å². The highest BCUT2D eigenvalue weighted by atomic mass is 16.4. The minimum Gasteiger partial charge on any atom is -0.494 e. The summed E-state index contributed by atoms with van der Waals surface area (Å²) in [6.07, 6.45) is 2.61. The lowest BCUT2D eigenvalue weighted by Crippen LogP contribution is -2.32. The van der Waals surface area contributed by atoms with Gasteiger partial charge in [-0.05, 0) is 13.3 Å². The number of hydrogen-bond acceptors (Lipinski definition) is 5. The van der Waals surface area contributed by atoms with Crippen molar-refractivity contribution in [3.63, 3.8) is 0 Å². The highest BCUT2D eigenvalue weighted by molar-refractivity contribution is 5.23. The molecule has 0 saturated heterocycles. The standard InChI is InChI=1S/C12H15N3O4/c1-3-4-8-10(16)14-12(18)15(11(8)17)6-9-13-5-7(2)19-9/h5,17H,3-4,6H2,1-2H3,(H,14,16,18). The molecule has 0 spiro atoms. The van der Waals surface area contributed by atoms with Gasteiger partial charge in [0.25, 0.3) is 5.56 Å². The second kappa shape index (κ2) is 5.13. The topological polar surface area (TPSA) is 101 Å². The summed E-state index contributed by atoms with van der Waals surface area (Å²) in [5.74, 6) is 0.580. The van der Waals surface area contributed by atoms with Gasteiger partial charge in [-0.3, -0.25) is 14.3 Å². The van der Waals surface area contributed by atoms with Crippen LogP contribution >= 0.6 is 0 Å². The zero-order chi connectivity index (χ0) is 14.0. The zero-order valence-corrected chi connectivity index (χ0v) is 10.8. The lowest BCUT2D eigenvalue weighted by atomic mass is 10.2. The number of aromatic amines is 1. The van der Waals surface area contributed by atoms with Crippen LogP contribution in [0.15, 0.2) is 20.2 Å². The van der Waals surface area contributed by atoms with Gasteiger partial charge in [-0.15, -0.1) is 0 Å². The number of aromatic nitrogens is 3. The van der Waals surface area contributed by atoms with Crippen molar-refractivity contribution in [1.29, 1.82) is 0 Å². The van der Waals surface area contributed by atoms with Gasteiger partial charge >= 0.3 is 5.69 Å². The molecule has 7 heteroatoms. The summed E-state index contributed by atoms with van der Waals surface area (Å²) >= 11 is 0. The lowest BCUT2D eigenvalue weighted by Gasteiger charge is -2.09. The third kappa shape index (κ3) is 2.59. The maximum Gasteiger partial charge on any atom is 0.331 e. The quantitative estimate of drug-likeness (QED) is 0.840. The molecule has 0 aliphatic rings. The van der Waals surface area contributed by atoms with Gasteiger partial charge in [-0.25, -0.2) is 9.78 Å². The van der Waals surface area contributed by atoms with Crippen LogP contribution in [0, 0.1) is 6.92 Å². The van der Waals surface area contributed by atoms with Crippen molar-refractivity contribution in [2.24, 2.45) is 0 Å². The maximum absolute atomic E-state index is 11.7. The minimum atomic E-state index is -0.682. The fourth-order valence-corrected chi connectivity index (χ4v) is 1.83. The number of hydrogen-bond donors (Lipinski definition) is 2. The van der Waals surface area contributed by atoms with E-state index in [4.69, 9.17) is 4.42 Å². The Hall–Kier alpha value is -2.31. The molecule has 0 unspecified atom stereocenters. The Labute approximate surface area is 108 Å². The van der Waals surface area contributed by atoms with Crippen LogP contribution in [-0.4, -0.2) is 19.6 Å². The van der Waals surface area contributed by atoms with Gasteiger partial charge in [0, 0.05) is 0 Å². The van der Waals surface area contributed by atoms with E-state index >= 15 is 0 Å². The van der Waals surface area contributed by atoms with E-state index in [2.05, 4.69) is 9.97 Å². The Morgan fingerprint density at radius 2 is 2.21 bits per heavy atom. The first-order chi connectivity index (χ1) is 9.02. The molecular weight excluding hydrogens is 250 g/mol. The Kier molecular flexibility index (Phi) is 3.55. The average Bonchev–Trinajstić information content (AvgIpc) is 2.76. The molecule has 2 aromatic heterocycles. The van der Waals surface area contributed by atoms with E-state index in [1.807, 2.05) is 6.92 Å². The number of aryl methyl sites for hydroxylation is 1. The monoisotopic (exact) mass is 265 g/mol. The Morgan fingerprint density at radius 3 is 2.79 bits per heavy atom. The predicted octanol–water partition coefficient (Wildman–Crippen LogP) is 0.539. The highest BCUT2D eigenvalue weighted by Gasteiger charge is 2.15. The number of H-pyrrole nitrogens is 1. The van der Waals surface area contributed by atoms with Gasteiger partial charge in [-0.2, -0.15) is 0 Å². The van der Waals surface area contributed by atoms with E-state index in [1.54, 1.807) is 6.92 Å². The highest BCUT2D eigenvalue weighted by Crippen LogP contribution is 2.13. The van der Waals surface area contributed by atoms with Crippen LogP contribution in [0.2, 0.25) is 0 Å². The molecule has 2 aromatic rings. The average molecular weight is 265 g/mol. The summed E-state index contributed by atoms with van der Waals surface area (Å²) in [6, 6.07) is 0. The summed E-state index contributed by atoms with van der Waals surface area (Å²) in [7, 11) is 0. The summed E-state index contributed by atoms with van der Waals surface area (Å²) in [5.41, 5.74) is -1.03. The molecule has 2 rings (SSSR count). The van der Waals surface area contributed by atoms with Crippen molar-refractivity contribution in [2.75, 3.05) is 0 Å². The van der Waals surface area contributed by atoms with Crippen LogP contribution in [0.5, 0.6) is 5.88 Å². The summed E-state index contributed by atoms with van der Waals surface area (Å²) in [4.78, 5) is 29.4. The summed E-state index contributed by atoms with van der Waals surface area (Å²) in [5, 5.41) is 10.0. The van der Waals surface area contributed by atoms with Gasteiger partial charge in [0.15, 0.2) is 0 Å². The normalized spacial score (nSPS) is 10.8. The number of aromatic hydroxyl groups is 1. The number of oxazole rings is 1. The molecule has 2 heterocycles. The van der Waals surface area contributed by atoms with Crippen LogP contribution in [0.25, 0.3) is 0 Å². The van der Waals surface area contributed by atoms with Gasteiger partial charge in [0.05, 0.1) is 11.8 Å². The molecule has 102 valence electrons. The SMILES string of the molecule is CCCc1c(O)n(Cc2ncc(C)o2)c(=O)[nH]c1=O. The first-order valence-electron chi connectivity index (χ1n) is 5.99. The summed E-state index contributed by atoms with van der Waals surface area (Å²) < 4.78 is 6.29. The molecule has 0 aliphatic heterocycles. The molecule has 0 bridgehead atoms. The van der Waals surface area contributed by atoms with E-state index in [9.17, 15) is 14.7 Å². The van der Waals surface area contributed by atoms with E-state index in [0.717, 1.165) is 4.57 Å². The Morgan fingerprint density at radius 1 is 1.47 bits per heavy atom. The fourth-order valence-electron chi connectivity index (χ4n) is 1.83. The number of nitrogens with one attached hydrogen (secondary N) is 1. The molecule has 0 fully saturated rings. The van der Waals surface area contributed by atoms with E-state index < -0.39 is 11.2 Å². The van der Waals surface area contributed by atoms with Crippen LogP contribution in [0.3, 0.4) is 0 Å². The lowest BCUT2D eigenvalue weighted by molar-refractivity contribution is 0.379. The van der Waals surface area contributed by atoms with Crippen molar-refractivity contribution >= 4 is 0 Å². The van der Waals surface area contributed by atoms with Gasteiger partial charge in [-0.1, -0.05) is 13.3 Å².